The van der Waals surface area contributed by atoms with E-state index in [-0.39, 0.29) is 5.76 Å². The van der Waals surface area contributed by atoms with Gasteiger partial charge in [-0.1, -0.05) is 30.3 Å². The molecule has 19 heavy (non-hydrogen) atoms. The first-order valence-corrected chi connectivity index (χ1v) is 6.48. The monoisotopic (exact) mass is 316 g/mol. The fourth-order valence-corrected chi connectivity index (χ4v) is 2.12. The zero-order valence-corrected chi connectivity index (χ0v) is 11.4. The number of hydrogen-bond donors (Lipinski definition) is 0. The number of benzene rings is 2. The Hall–Kier alpha value is -2.07. The van der Waals surface area contributed by atoms with Crippen molar-refractivity contribution in [3.05, 3.63) is 65.0 Å². The summed E-state index contributed by atoms with van der Waals surface area (Å²) < 4.78 is 10.9. The lowest BCUT2D eigenvalue weighted by atomic mass is 10.1. The maximum Gasteiger partial charge on any atom is 0.379 e. The van der Waals surface area contributed by atoms with Gasteiger partial charge >= 0.3 is 5.97 Å². The van der Waals surface area contributed by atoms with Crippen LogP contribution in [0.3, 0.4) is 0 Å². The summed E-state index contributed by atoms with van der Waals surface area (Å²) in [5, 5.41) is 2.12. The Kier molecular flexibility index (Phi) is 3.09. The van der Waals surface area contributed by atoms with E-state index in [1.807, 2.05) is 36.4 Å². The smallest absolute Gasteiger partial charge is 0.379 e. The fourth-order valence-electron chi connectivity index (χ4n) is 1.81. The number of hydrogen-bond acceptors (Lipinski definition) is 3. The molecule has 0 unspecified atom stereocenters. The average molecular weight is 317 g/mol. The van der Waals surface area contributed by atoms with E-state index in [1.165, 1.54) is 0 Å². The van der Waals surface area contributed by atoms with Gasteiger partial charge in [0, 0.05) is 0 Å². The van der Waals surface area contributed by atoms with Crippen LogP contribution >= 0.6 is 15.9 Å². The SMILES string of the molecule is O=C(Oc1ccc2ccccc2c1)c1ccc(Br)o1. The fraction of sp³-hybridized carbons (Fsp3) is 0. The Morgan fingerprint density at radius 1 is 1.00 bits per heavy atom. The van der Waals surface area contributed by atoms with Gasteiger partial charge in [-0.05, 0) is 51.0 Å². The van der Waals surface area contributed by atoms with Crippen molar-refractivity contribution in [3.63, 3.8) is 0 Å². The number of carbonyl (C=O) groups is 1. The van der Waals surface area contributed by atoms with Gasteiger partial charge in [0.2, 0.25) is 5.76 Å². The molecular formula is C15H9BrO3. The summed E-state index contributed by atoms with van der Waals surface area (Å²) in [6.07, 6.45) is 0. The number of rotatable bonds is 2. The predicted octanol–water partition coefficient (Wildman–Crippen LogP) is 4.41. The van der Waals surface area contributed by atoms with Crippen LogP contribution in [0.15, 0.2) is 63.7 Å². The molecule has 0 bridgehead atoms. The Labute approximate surface area is 117 Å². The first-order valence-electron chi connectivity index (χ1n) is 5.69. The number of carbonyl (C=O) groups excluding carboxylic acids is 1. The summed E-state index contributed by atoms with van der Waals surface area (Å²) in [4.78, 5) is 11.8. The molecule has 3 rings (SSSR count). The van der Waals surface area contributed by atoms with Gasteiger partial charge in [0.1, 0.15) is 5.75 Å². The van der Waals surface area contributed by atoms with Crippen LogP contribution in [0.1, 0.15) is 10.6 Å². The van der Waals surface area contributed by atoms with Gasteiger partial charge in [0.15, 0.2) is 4.67 Å². The molecular weight excluding hydrogens is 308 g/mol. The highest BCUT2D eigenvalue weighted by molar-refractivity contribution is 9.10. The summed E-state index contributed by atoms with van der Waals surface area (Å²) in [6.45, 7) is 0. The van der Waals surface area contributed by atoms with Crippen molar-refractivity contribution in [2.24, 2.45) is 0 Å². The van der Waals surface area contributed by atoms with E-state index >= 15 is 0 Å². The summed E-state index contributed by atoms with van der Waals surface area (Å²) in [7, 11) is 0. The minimum absolute atomic E-state index is 0.167. The maximum absolute atomic E-state index is 11.8. The minimum Gasteiger partial charge on any atom is -0.442 e. The third-order valence-electron chi connectivity index (χ3n) is 2.71. The molecule has 94 valence electrons. The third kappa shape index (κ3) is 2.53. The molecule has 0 N–H and O–H groups in total. The molecule has 0 radical (unpaired) electrons. The van der Waals surface area contributed by atoms with Gasteiger partial charge < -0.3 is 9.15 Å². The number of halogens is 1. The maximum atomic E-state index is 11.8. The molecule has 2 aromatic carbocycles. The van der Waals surface area contributed by atoms with Gasteiger partial charge in [0.05, 0.1) is 0 Å². The highest BCUT2D eigenvalue weighted by Gasteiger charge is 2.13. The highest BCUT2D eigenvalue weighted by Crippen LogP contribution is 2.22. The van der Waals surface area contributed by atoms with Crippen molar-refractivity contribution in [2.45, 2.75) is 0 Å². The first kappa shape index (κ1) is 12.0. The van der Waals surface area contributed by atoms with Gasteiger partial charge in [-0.2, -0.15) is 0 Å². The molecule has 0 aliphatic carbocycles. The van der Waals surface area contributed by atoms with Crippen LogP contribution in [0.4, 0.5) is 0 Å². The molecule has 4 heteroatoms. The van der Waals surface area contributed by atoms with E-state index in [4.69, 9.17) is 9.15 Å². The summed E-state index contributed by atoms with van der Waals surface area (Å²) in [6, 6.07) is 16.6. The van der Waals surface area contributed by atoms with Crippen LogP contribution in [0.2, 0.25) is 0 Å². The molecule has 1 heterocycles. The van der Waals surface area contributed by atoms with Gasteiger partial charge in [-0.3, -0.25) is 0 Å². The minimum atomic E-state index is -0.513. The lowest BCUT2D eigenvalue weighted by Gasteiger charge is -2.04. The summed E-state index contributed by atoms with van der Waals surface area (Å²) >= 11 is 3.14. The van der Waals surface area contributed by atoms with Crippen molar-refractivity contribution in [1.82, 2.24) is 0 Å². The first-order chi connectivity index (χ1) is 9.22. The second-order valence-electron chi connectivity index (χ2n) is 4.00. The molecule has 0 spiro atoms. The second kappa shape index (κ2) is 4.90. The Bertz CT molecular complexity index is 746. The Balaban J connectivity index is 1.87. The normalized spacial score (nSPS) is 10.6. The molecule has 3 nitrogen and oxygen atoms in total. The van der Waals surface area contributed by atoms with E-state index < -0.39 is 5.97 Å². The van der Waals surface area contributed by atoms with E-state index in [9.17, 15) is 4.79 Å². The van der Waals surface area contributed by atoms with E-state index in [0.717, 1.165) is 10.8 Å². The molecule has 1 aromatic heterocycles. The van der Waals surface area contributed by atoms with E-state index in [2.05, 4.69) is 15.9 Å². The zero-order chi connectivity index (χ0) is 13.2. The molecule has 0 amide bonds. The quantitative estimate of drug-likeness (QED) is 0.519. The average Bonchev–Trinajstić information content (AvgIpc) is 2.85. The van der Waals surface area contributed by atoms with Crippen molar-refractivity contribution in [2.75, 3.05) is 0 Å². The number of fused-ring (bicyclic) bond motifs is 1. The largest absolute Gasteiger partial charge is 0.442 e. The Morgan fingerprint density at radius 3 is 2.53 bits per heavy atom. The van der Waals surface area contributed by atoms with Crippen molar-refractivity contribution < 1.29 is 13.9 Å². The van der Waals surface area contributed by atoms with Crippen LogP contribution in [0.25, 0.3) is 10.8 Å². The highest BCUT2D eigenvalue weighted by atomic mass is 79.9. The number of esters is 1. The molecule has 0 saturated heterocycles. The summed E-state index contributed by atoms with van der Waals surface area (Å²) in [5.41, 5.74) is 0. The number of ether oxygens (including phenoxy) is 1. The topological polar surface area (TPSA) is 39.4 Å². The lowest BCUT2D eigenvalue weighted by molar-refractivity contribution is 0.0700. The third-order valence-corrected chi connectivity index (χ3v) is 3.13. The van der Waals surface area contributed by atoms with Gasteiger partial charge in [-0.25, -0.2) is 4.79 Å². The van der Waals surface area contributed by atoms with Crippen molar-refractivity contribution in [1.29, 1.82) is 0 Å². The second-order valence-corrected chi connectivity index (χ2v) is 4.78. The Morgan fingerprint density at radius 2 is 1.79 bits per heavy atom. The van der Waals surface area contributed by atoms with Crippen LogP contribution in [-0.2, 0) is 0 Å². The van der Waals surface area contributed by atoms with Gasteiger partial charge in [0.25, 0.3) is 0 Å². The molecule has 0 atom stereocenters. The number of furan rings is 1. The van der Waals surface area contributed by atoms with Crippen molar-refractivity contribution in [3.8, 4) is 5.75 Å². The standard InChI is InChI=1S/C15H9BrO3/c16-14-8-7-13(19-14)15(17)18-12-6-5-10-3-1-2-4-11(10)9-12/h1-9H. The van der Waals surface area contributed by atoms with Crippen LogP contribution < -0.4 is 4.74 Å². The predicted molar refractivity (Wildman–Crippen MR) is 75.3 cm³/mol. The van der Waals surface area contributed by atoms with Crippen LogP contribution in [0, 0.1) is 0 Å². The van der Waals surface area contributed by atoms with E-state index in [1.54, 1.807) is 18.2 Å². The van der Waals surface area contributed by atoms with Crippen molar-refractivity contribution >= 4 is 32.7 Å². The van der Waals surface area contributed by atoms with Crippen LogP contribution in [-0.4, -0.2) is 5.97 Å². The van der Waals surface area contributed by atoms with Crippen LogP contribution in [0.5, 0.6) is 5.75 Å². The molecule has 0 aliphatic rings. The summed E-state index contributed by atoms with van der Waals surface area (Å²) in [5.74, 6) is 0.150. The molecule has 0 saturated carbocycles. The molecule has 0 aliphatic heterocycles. The molecule has 3 aromatic rings. The van der Waals surface area contributed by atoms with E-state index in [0.29, 0.717) is 10.4 Å². The lowest BCUT2D eigenvalue weighted by Crippen LogP contribution is -2.06. The van der Waals surface area contributed by atoms with Gasteiger partial charge in [-0.15, -0.1) is 0 Å². The molecule has 0 fully saturated rings. The zero-order valence-electron chi connectivity index (χ0n) is 9.80.